The molecule has 1 amide bonds. The molecule has 1 aliphatic heterocycles. The monoisotopic (exact) mass is 415 g/mol. The topological polar surface area (TPSA) is 53.5 Å². The molecule has 0 radical (unpaired) electrons. The standard InChI is InChI=1S/C20H22BrN3O2/c21-17-6-4-16(5-7-17)19(25)8-9-20(26)24-13-11-23(12-14-24)15-18-3-1-2-10-22-18/h1-7,10H,8-9,11-15H2. The van der Waals surface area contributed by atoms with E-state index in [2.05, 4.69) is 25.8 Å². The van der Waals surface area contributed by atoms with Gasteiger partial charge in [0.05, 0.1) is 5.69 Å². The van der Waals surface area contributed by atoms with Crippen LogP contribution >= 0.6 is 15.9 Å². The van der Waals surface area contributed by atoms with Gasteiger partial charge in [0.1, 0.15) is 0 Å². The Bertz CT molecular complexity index is 741. The number of rotatable bonds is 6. The number of nitrogens with zero attached hydrogens (tertiary/aromatic N) is 3. The van der Waals surface area contributed by atoms with E-state index in [1.165, 1.54) is 0 Å². The van der Waals surface area contributed by atoms with Gasteiger partial charge in [-0.1, -0.05) is 34.1 Å². The number of halogens is 1. The molecule has 1 aromatic carbocycles. The number of benzene rings is 1. The van der Waals surface area contributed by atoms with Crippen molar-refractivity contribution in [3.8, 4) is 0 Å². The summed E-state index contributed by atoms with van der Waals surface area (Å²) in [5.74, 6) is 0.0765. The highest BCUT2D eigenvalue weighted by atomic mass is 79.9. The van der Waals surface area contributed by atoms with E-state index in [1.54, 1.807) is 18.3 Å². The molecule has 0 unspecified atom stereocenters. The van der Waals surface area contributed by atoms with Gasteiger partial charge in [-0.3, -0.25) is 19.5 Å². The predicted octanol–water partition coefficient (Wildman–Crippen LogP) is 3.15. The Hall–Kier alpha value is -2.05. The lowest BCUT2D eigenvalue weighted by Crippen LogP contribution is -2.48. The molecule has 0 saturated carbocycles. The molecule has 1 aliphatic rings. The minimum Gasteiger partial charge on any atom is -0.340 e. The molecule has 0 spiro atoms. The van der Waals surface area contributed by atoms with Gasteiger partial charge in [0.25, 0.3) is 0 Å². The van der Waals surface area contributed by atoms with E-state index in [0.29, 0.717) is 18.7 Å². The van der Waals surface area contributed by atoms with Crippen molar-refractivity contribution in [2.45, 2.75) is 19.4 Å². The molecule has 26 heavy (non-hydrogen) atoms. The molecule has 0 N–H and O–H groups in total. The molecule has 2 heterocycles. The summed E-state index contributed by atoms with van der Waals surface area (Å²) in [4.78, 5) is 33.1. The number of aromatic nitrogens is 1. The lowest BCUT2D eigenvalue weighted by Gasteiger charge is -2.34. The average molecular weight is 416 g/mol. The van der Waals surface area contributed by atoms with E-state index in [9.17, 15) is 9.59 Å². The molecule has 136 valence electrons. The Balaban J connectivity index is 1.42. The molecular weight excluding hydrogens is 394 g/mol. The molecule has 3 rings (SSSR count). The van der Waals surface area contributed by atoms with Gasteiger partial charge in [-0.25, -0.2) is 0 Å². The normalized spacial score (nSPS) is 15.0. The summed E-state index contributed by atoms with van der Waals surface area (Å²) >= 11 is 3.35. The van der Waals surface area contributed by atoms with Crippen LogP contribution in [0.15, 0.2) is 53.1 Å². The fourth-order valence-corrected chi connectivity index (χ4v) is 3.30. The zero-order chi connectivity index (χ0) is 18.4. The van der Waals surface area contributed by atoms with Crippen molar-refractivity contribution >= 4 is 27.6 Å². The van der Waals surface area contributed by atoms with Crippen LogP contribution in [0, 0.1) is 0 Å². The van der Waals surface area contributed by atoms with Crippen LogP contribution in [-0.2, 0) is 11.3 Å². The summed E-state index contributed by atoms with van der Waals surface area (Å²) in [5.41, 5.74) is 1.70. The van der Waals surface area contributed by atoms with Crippen LogP contribution in [0.3, 0.4) is 0 Å². The lowest BCUT2D eigenvalue weighted by molar-refractivity contribution is -0.133. The fraction of sp³-hybridized carbons (Fsp3) is 0.350. The minimum absolute atomic E-state index is 0.0136. The van der Waals surface area contributed by atoms with Crippen LogP contribution in [0.2, 0.25) is 0 Å². The Labute approximate surface area is 162 Å². The molecule has 0 aliphatic carbocycles. The smallest absolute Gasteiger partial charge is 0.223 e. The maximum Gasteiger partial charge on any atom is 0.223 e. The maximum absolute atomic E-state index is 12.4. The number of pyridine rings is 1. The summed E-state index contributed by atoms with van der Waals surface area (Å²) in [6, 6.07) is 13.2. The summed E-state index contributed by atoms with van der Waals surface area (Å²) in [6.45, 7) is 3.90. The molecular formula is C20H22BrN3O2. The average Bonchev–Trinajstić information content (AvgIpc) is 2.68. The highest BCUT2D eigenvalue weighted by molar-refractivity contribution is 9.10. The van der Waals surface area contributed by atoms with Gasteiger partial charge in [0, 0.05) is 61.8 Å². The van der Waals surface area contributed by atoms with E-state index in [4.69, 9.17) is 0 Å². The van der Waals surface area contributed by atoms with Crippen molar-refractivity contribution < 1.29 is 9.59 Å². The Morgan fingerprint density at radius 3 is 2.35 bits per heavy atom. The van der Waals surface area contributed by atoms with E-state index < -0.39 is 0 Å². The van der Waals surface area contributed by atoms with Crippen molar-refractivity contribution in [2.75, 3.05) is 26.2 Å². The fourth-order valence-electron chi connectivity index (χ4n) is 3.03. The summed E-state index contributed by atoms with van der Waals surface area (Å²) in [6.07, 6.45) is 2.33. The Morgan fingerprint density at radius 1 is 0.962 bits per heavy atom. The van der Waals surface area contributed by atoms with Gasteiger partial charge in [-0.05, 0) is 24.3 Å². The first-order valence-electron chi connectivity index (χ1n) is 8.80. The lowest BCUT2D eigenvalue weighted by atomic mass is 10.1. The molecule has 5 nitrogen and oxygen atoms in total. The van der Waals surface area contributed by atoms with Crippen LogP contribution in [0.5, 0.6) is 0 Å². The van der Waals surface area contributed by atoms with E-state index in [1.807, 2.05) is 35.2 Å². The third kappa shape index (κ3) is 5.22. The first kappa shape index (κ1) is 18.7. The summed E-state index contributed by atoms with van der Waals surface area (Å²) in [5, 5.41) is 0. The van der Waals surface area contributed by atoms with Gasteiger partial charge in [-0.15, -0.1) is 0 Å². The highest BCUT2D eigenvalue weighted by Crippen LogP contribution is 2.14. The zero-order valence-electron chi connectivity index (χ0n) is 14.6. The molecule has 2 aromatic rings. The second-order valence-electron chi connectivity index (χ2n) is 6.41. The SMILES string of the molecule is O=C(CCC(=O)N1CCN(Cc2ccccn2)CC1)c1ccc(Br)cc1. The number of amides is 1. The van der Waals surface area contributed by atoms with Crippen molar-refractivity contribution in [1.82, 2.24) is 14.8 Å². The second kappa shape index (κ2) is 9.05. The maximum atomic E-state index is 12.4. The Morgan fingerprint density at radius 2 is 1.69 bits per heavy atom. The summed E-state index contributed by atoms with van der Waals surface area (Å²) < 4.78 is 0.939. The second-order valence-corrected chi connectivity index (χ2v) is 7.32. The van der Waals surface area contributed by atoms with Crippen molar-refractivity contribution in [1.29, 1.82) is 0 Å². The predicted molar refractivity (Wildman–Crippen MR) is 104 cm³/mol. The molecule has 0 atom stereocenters. The highest BCUT2D eigenvalue weighted by Gasteiger charge is 2.21. The largest absolute Gasteiger partial charge is 0.340 e. The molecule has 1 aromatic heterocycles. The van der Waals surface area contributed by atoms with Crippen LogP contribution in [0.1, 0.15) is 28.9 Å². The van der Waals surface area contributed by atoms with Gasteiger partial charge < -0.3 is 4.90 Å². The number of ketones is 1. The number of hydrogen-bond donors (Lipinski definition) is 0. The van der Waals surface area contributed by atoms with E-state index >= 15 is 0 Å². The van der Waals surface area contributed by atoms with Crippen molar-refractivity contribution in [3.05, 3.63) is 64.4 Å². The molecule has 1 saturated heterocycles. The van der Waals surface area contributed by atoms with Crippen LogP contribution < -0.4 is 0 Å². The molecule has 1 fully saturated rings. The number of Topliss-reactive ketones (excluding diaryl/α,β-unsaturated/α-hetero) is 1. The van der Waals surface area contributed by atoms with Gasteiger partial charge in [-0.2, -0.15) is 0 Å². The molecule has 0 bridgehead atoms. The molecule has 6 heteroatoms. The quantitative estimate of drug-likeness (QED) is 0.679. The Kier molecular flexibility index (Phi) is 6.52. The van der Waals surface area contributed by atoms with Crippen LogP contribution in [0.4, 0.5) is 0 Å². The van der Waals surface area contributed by atoms with E-state index in [-0.39, 0.29) is 24.5 Å². The zero-order valence-corrected chi connectivity index (χ0v) is 16.2. The number of hydrogen-bond acceptors (Lipinski definition) is 4. The number of piperazine rings is 1. The number of carbonyl (C=O) groups is 2. The van der Waals surface area contributed by atoms with Crippen LogP contribution in [0.25, 0.3) is 0 Å². The van der Waals surface area contributed by atoms with Crippen molar-refractivity contribution in [3.63, 3.8) is 0 Å². The number of carbonyl (C=O) groups excluding carboxylic acids is 2. The van der Waals surface area contributed by atoms with Gasteiger partial charge >= 0.3 is 0 Å². The summed E-state index contributed by atoms with van der Waals surface area (Å²) in [7, 11) is 0. The first-order chi connectivity index (χ1) is 12.6. The van der Waals surface area contributed by atoms with E-state index in [0.717, 1.165) is 29.8 Å². The van der Waals surface area contributed by atoms with Gasteiger partial charge in [0.15, 0.2) is 5.78 Å². The third-order valence-corrected chi connectivity index (χ3v) is 5.10. The first-order valence-corrected chi connectivity index (χ1v) is 9.60. The minimum atomic E-state index is 0.0136. The third-order valence-electron chi connectivity index (χ3n) is 4.57. The van der Waals surface area contributed by atoms with Gasteiger partial charge in [0.2, 0.25) is 5.91 Å². The van der Waals surface area contributed by atoms with Crippen LogP contribution in [-0.4, -0.2) is 52.7 Å². The van der Waals surface area contributed by atoms with Crippen molar-refractivity contribution in [2.24, 2.45) is 0 Å².